The van der Waals surface area contributed by atoms with Crippen molar-refractivity contribution in [2.75, 3.05) is 11.5 Å². The van der Waals surface area contributed by atoms with E-state index in [1.807, 2.05) is 46.3 Å². The monoisotopic (exact) mass is 512 g/mol. The Labute approximate surface area is 198 Å². The molecule has 3 heterocycles. The van der Waals surface area contributed by atoms with E-state index in [-0.39, 0.29) is 17.9 Å². The summed E-state index contributed by atoms with van der Waals surface area (Å²) in [6.07, 6.45) is 6.00. The highest BCUT2D eigenvalue weighted by Gasteiger charge is 2.55. The van der Waals surface area contributed by atoms with Gasteiger partial charge in [-0.05, 0) is 70.6 Å². The number of pyridine rings is 1. The zero-order valence-electron chi connectivity index (χ0n) is 18.8. The number of nitrogens with zero attached hydrogens (tertiary/aromatic N) is 4. The van der Waals surface area contributed by atoms with Crippen LogP contribution in [0.3, 0.4) is 0 Å². The number of rotatable bonds is 8. The quantitative estimate of drug-likeness (QED) is 0.170. The highest BCUT2D eigenvalue weighted by Crippen LogP contribution is 2.54. The number of hydrogen-bond donors (Lipinski definition) is 0. The van der Waals surface area contributed by atoms with Crippen LogP contribution >= 0.6 is 15.9 Å². The van der Waals surface area contributed by atoms with Crippen LogP contribution in [0.4, 0.5) is 5.69 Å². The number of imidazole rings is 1. The largest absolute Gasteiger partial charge is 0.361 e. The number of hydrogen-bond acceptors (Lipinski definition) is 4. The molecule has 0 N–H and O–H groups in total. The van der Waals surface area contributed by atoms with E-state index in [4.69, 9.17) is 4.74 Å². The van der Waals surface area contributed by atoms with Crippen molar-refractivity contribution in [3.8, 4) is 0 Å². The summed E-state index contributed by atoms with van der Waals surface area (Å²) in [5.74, 6) is 0.781. The van der Waals surface area contributed by atoms with E-state index in [0.717, 1.165) is 52.4 Å². The first-order chi connectivity index (χ1) is 15.3. The molecule has 8 heteroatoms. The first-order valence-electron chi connectivity index (χ1n) is 11.3. The third-order valence-electron chi connectivity index (χ3n) is 6.47. The molecule has 0 bridgehead atoms. The summed E-state index contributed by atoms with van der Waals surface area (Å²) in [4.78, 5) is 24.1. The van der Waals surface area contributed by atoms with Crippen LogP contribution in [0.5, 0.6) is 0 Å². The summed E-state index contributed by atoms with van der Waals surface area (Å²) in [5.41, 5.74) is 3.89. The molecular formula is C24H29BrN4O2Si. The molecule has 6 nitrogen and oxygen atoms in total. The number of halogens is 1. The van der Waals surface area contributed by atoms with Crippen molar-refractivity contribution in [3.63, 3.8) is 0 Å². The second-order valence-electron chi connectivity index (χ2n) is 10.2. The molecule has 3 aromatic rings. The molecule has 1 aliphatic heterocycles. The molecule has 1 aliphatic carbocycles. The van der Waals surface area contributed by atoms with Gasteiger partial charge in [-0.2, -0.15) is 0 Å². The van der Waals surface area contributed by atoms with Crippen molar-refractivity contribution in [3.05, 3.63) is 53.0 Å². The van der Waals surface area contributed by atoms with E-state index in [9.17, 15) is 4.79 Å². The Balaban J connectivity index is 1.36. The minimum atomic E-state index is -1.10. The predicted molar refractivity (Wildman–Crippen MR) is 132 cm³/mol. The van der Waals surface area contributed by atoms with E-state index in [1.54, 1.807) is 0 Å². The van der Waals surface area contributed by atoms with Gasteiger partial charge in [0.25, 0.3) is 0 Å². The number of anilines is 1. The van der Waals surface area contributed by atoms with Gasteiger partial charge in [0.05, 0.1) is 29.3 Å². The van der Waals surface area contributed by atoms with E-state index in [1.165, 1.54) is 0 Å². The molecule has 168 valence electrons. The third-order valence-corrected chi connectivity index (χ3v) is 8.65. The minimum Gasteiger partial charge on any atom is -0.361 e. The second kappa shape index (κ2) is 8.39. The fourth-order valence-electron chi connectivity index (χ4n) is 4.48. The molecule has 32 heavy (non-hydrogen) atoms. The number of aromatic nitrogens is 3. The van der Waals surface area contributed by atoms with Gasteiger partial charge in [-0.3, -0.25) is 4.79 Å². The summed E-state index contributed by atoms with van der Waals surface area (Å²) >= 11 is 3.41. The van der Waals surface area contributed by atoms with E-state index < -0.39 is 8.07 Å². The number of β-lactam (4-membered cyclic amide) rings is 1. The Kier molecular flexibility index (Phi) is 5.71. The molecule has 1 saturated heterocycles. The number of ether oxygens (including phenoxy) is 1. The van der Waals surface area contributed by atoms with Gasteiger partial charge in [-0.1, -0.05) is 25.7 Å². The van der Waals surface area contributed by atoms with Crippen molar-refractivity contribution in [2.24, 2.45) is 11.8 Å². The molecule has 2 aliphatic rings. The van der Waals surface area contributed by atoms with Crippen molar-refractivity contribution < 1.29 is 9.53 Å². The molecule has 1 amide bonds. The molecular weight excluding hydrogens is 484 g/mol. The van der Waals surface area contributed by atoms with Gasteiger partial charge in [0, 0.05) is 26.6 Å². The maximum absolute atomic E-state index is 13.1. The molecule has 2 atom stereocenters. The van der Waals surface area contributed by atoms with Gasteiger partial charge in [0.1, 0.15) is 11.3 Å². The van der Waals surface area contributed by atoms with Crippen LogP contribution in [0.2, 0.25) is 25.7 Å². The number of carbonyl (C=O) groups is 1. The average Bonchev–Trinajstić information content (AvgIpc) is 3.48. The van der Waals surface area contributed by atoms with Crippen LogP contribution in [0.15, 0.2) is 47.5 Å². The Hall–Kier alpha value is -2.03. The van der Waals surface area contributed by atoms with Gasteiger partial charge < -0.3 is 14.2 Å². The smallest absolute Gasteiger partial charge is 0.233 e. The van der Waals surface area contributed by atoms with Crippen LogP contribution in [0.25, 0.3) is 11.0 Å². The Morgan fingerprint density at radius 3 is 2.66 bits per heavy atom. The summed E-state index contributed by atoms with van der Waals surface area (Å²) in [6.45, 7) is 8.34. The molecule has 1 aromatic carbocycles. The normalized spacial score (nSPS) is 21.2. The van der Waals surface area contributed by atoms with Gasteiger partial charge >= 0.3 is 0 Å². The van der Waals surface area contributed by atoms with Crippen LogP contribution in [-0.4, -0.2) is 35.1 Å². The molecule has 0 unspecified atom stereocenters. The summed E-state index contributed by atoms with van der Waals surface area (Å²) < 4.78 is 8.74. The standard InChI is InChI=1S/C24H29BrN4O2Si/c1-32(2,3)11-10-31-15-28-14-27-19-12-18(7-8-20(19)28)29-23(17-6-9-21(25)26-13-17)22(24(29)30)16-4-5-16/h6-9,12-14,16,22-23H,4-5,10-11,15H2,1-3H3/t22-,23+/m1/s1. The van der Waals surface area contributed by atoms with Gasteiger partial charge in [-0.25, -0.2) is 9.97 Å². The number of amides is 1. The first-order valence-corrected chi connectivity index (χ1v) is 15.8. The van der Waals surface area contributed by atoms with Crippen molar-refractivity contribution in [1.29, 1.82) is 0 Å². The van der Waals surface area contributed by atoms with Crippen LogP contribution in [0.1, 0.15) is 24.4 Å². The average molecular weight is 514 g/mol. The maximum atomic E-state index is 13.1. The molecule has 0 radical (unpaired) electrons. The van der Waals surface area contributed by atoms with Crippen LogP contribution in [0, 0.1) is 11.8 Å². The summed E-state index contributed by atoms with van der Waals surface area (Å²) in [6, 6.07) is 11.3. The zero-order chi connectivity index (χ0) is 22.5. The Morgan fingerprint density at radius 2 is 1.97 bits per heavy atom. The molecule has 2 fully saturated rings. The third kappa shape index (κ3) is 4.28. The predicted octanol–water partition coefficient (Wildman–Crippen LogP) is 5.62. The lowest BCUT2D eigenvalue weighted by molar-refractivity contribution is -0.131. The molecule has 5 rings (SSSR count). The number of benzene rings is 1. The molecule has 1 saturated carbocycles. The van der Waals surface area contributed by atoms with Gasteiger partial charge in [0.2, 0.25) is 5.91 Å². The fraction of sp³-hybridized carbons (Fsp3) is 0.458. The van der Waals surface area contributed by atoms with E-state index in [2.05, 4.69) is 51.6 Å². The fourth-order valence-corrected chi connectivity index (χ4v) is 5.47. The topological polar surface area (TPSA) is 60.2 Å². The van der Waals surface area contributed by atoms with Crippen LogP contribution in [-0.2, 0) is 16.3 Å². The Bertz CT molecular complexity index is 1140. The van der Waals surface area contributed by atoms with Crippen molar-refractivity contribution in [1.82, 2.24) is 14.5 Å². The lowest BCUT2D eigenvalue weighted by atomic mass is 9.79. The van der Waals surface area contributed by atoms with Gasteiger partial charge in [0.15, 0.2) is 0 Å². The molecule has 2 aromatic heterocycles. The van der Waals surface area contributed by atoms with Crippen molar-refractivity contribution in [2.45, 2.75) is 51.3 Å². The highest BCUT2D eigenvalue weighted by atomic mass is 79.9. The van der Waals surface area contributed by atoms with Crippen molar-refractivity contribution >= 4 is 46.6 Å². The summed E-state index contributed by atoms with van der Waals surface area (Å²) in [7, 11) is -1.10. The lowest BCUT2D eigenvalue weighted by Crippen LogP contribution is -2.56. The summed E-state index contributed by atoms with van der Waals surface area (Å²) in [5, 5.41) is 0. The minimum absolute atomic E-state index is 0.0417. The van der Waals surface area contributed by atoms with E-state index in [0.29, 0.717) is 12.6 Å². The number of carbonyl (C=O) groups excluding carboxylic acids is 1. The highest BCUT2D eigenvalue weighted by molar-refractivity contribution is 9.10. The van der Waals surface area contributed by atoms with E-state index >= 15 is 0 Å². The second-order valence-corrected chi connectivity index (χ2v) is 16.6. The molecule has 0 spiro atoms. The van der Waals surface area contributed by atoms with Crippen LogP contribution < -0.4 is 4.90 Å². The zero-order valence-corrected chi connectivity index (χ0v) is 21.4. The lowest BCUT2D eigenvalue weighted by Gasteiger charge is -2.47. The number of fused-ring (bicyclic) bond motifs is 1. The SMILES string of the molecule is C[Si](C)(C)CCOCn1cnc2cc(N3C(=O)[C@H](C4CC4)[C@@H]3c3ccc(Br)nc3)ccc21. The maximum Gasteiger partial charge on any atom is 0.233 e. The Morgan fingerprint density at radius 1 is 1.16 bits per heavy atom. The van der Waals surface area contributed by atoms with Gasteiger partial charge in [-0.15, -0.1) is 0 Å². The first kappa shape index (κ1) is 21.8.